The molecule has 0 nitrogen and oxygen atoms in total. The summed E-state index contributed by atoms with van der Waals surface area (Å²) in [5, 5.41) is 0.982. The molecule has 3 fully saturated rings. The van der Waals surface area contributed by atoms with Gasteiger partial charge in [-0.15, -0.1) is 0 Å². The monoisotopic (exact) mass is 166 g/mol. The van der Waals surface area contributed by atoms with E-state index in [9.17, 15) is 0 Å². The van der Waals surface area contributed by atoms with Gasteiger partial charge in [0.2, 0.25) is 0 Å². The summed E-state index contributed by atoms with van der Waals surface area (Å²) < 4.78 is 0. The molecule has 0 N–H and O–H groups in total. The molecule has 3 rings (SSSR count). The van der Waals surface area contributed by atoms with Gasteiger partial charge >= 0.3 is 0 Å². The zero-order chi connectivity index (χ0) is 7.85. The molecule has 2 atom stereocenters. The number of rotatable bonds is 1. The highest BCUT2D eigenvalue weighted by molar-refractivity contribution is 6.80. The second-order valence-corrected chi connectivity index (χ2v) is 11.3. The predicted molar refractivity (Wildman–Crippen MR) is 50.4 cm³/mol. The van der Waals surface area contributed by atoms with Crippen molar-refractivity contribution in [3.8, 4) is 0 Å². The van der Waals surface area contributed by atoms with E-state index in [0.717, 1.165) is 5.04 Å². The van der Waals surface area contributed by atoms with E-state index >= 15 is 0 Å². The third kappa shape index (κ3) is 0.526. The minimum atomic E-state index is -0.778. The summed E-state index contributed by atoms with van der Waals surface area (Å²) in [6, 6.07) is 0. The van der Waals surface area contributed by atoms with Crippen molar-refractivity contribution in [1.82, 2.24) is 0 Å². The van der Waals surface area contributed by atoms with E-state index in [4.69, 9.17) is 0 Å². The Balaban J connectivity index is 1.90. The SMILES string of the molecule is C[Si](C)(C)C12CCCC3C1C32. The van der Waals surface area contributed by atoms with Gasteiger partial charge in [-0.3, -0.25) is 0 Å². The number of hydrogen-bond acceptors (Lipinski definition) is 0. The molecule has 0 aromatic rings. The Labute approximate surface area is 70.4 Å². The van der Waals surface area contributed by atoms with Gasteiger partial charge in [0.1, 0.15) is 0 Å². The quantitative estimate of drug-likeness (QED) is 0.525. The molecular formula is C10H18Si. The lowest BCUT2D eigenvalue weighted by atomic mass is 9.87. The molecule has 0 radical (unpaired) electrons. The first-order valence-electron chi connectivity index (χ1n) is 5.09. The Kier molecular flexibility index (Phi) is 0.902. The van der Waals surface area contributed by atoms with Crippen LogP contribution in [0, 0.1) is 17.8 Å². The molecule has 2 unspecified atom stereocenters. The molecule has 3 aliphatic rings. The van der Waals surface area contributed by atoms with Crippen LogP contribution in [0.15, 0.2) is 0 Å². The van der Waals surface area contributed by atoms with Crippen LogP contribution in [0.4, 0.5) is 0 Å². The largest absolute Gasteiger partial charge is 0.0691 e. The van der Waals surface area contributed by atoms with Gasteiger partial charge in [-0.05, 0) is 35.6 Å². The molecule has 3 aliphatic carbocycles. The van der Waals surface area contributed by atoms with Crippen molar-refractivity contribution in [2.75, 3.05) is 0 Å². The second kappa shape index (κ2) is 1.48. The fourth-order valence-corrected chi connectivity index (χ4v) is 7.85. The molecule has 0 aromatic carbocycles. The molecule has 0 aromatic heterocycles. The van der Waals surface area contributed by atoms with E-state index < -0.39 is 8.07 Å². The normalized spacial score (nSPS) is 58.6. The van der Waals surface area contributed by atoms with Crippen LogP contribution < -0.4 is 0 Å². The summed E-state index contributed by atoms with van der Waals surface area (Å²) in [6.45, 7) is 7.75. The van der Waals surface area contributed by atoms with E-state index in [0.29, 0.717) is 0 Å². The summed E-state index contributed by atoms with van der Waals surface area (Å²) in [4.78, 5) is 0. The van der Waals surface area contributed by atoms with E-state index in [-0.39, 0.29) is 0 Å². The zero-order valence-corrected chi connectivity index (χ0v) is 8.85. The lowest BCUT2D eigenvalue weighted by molar-refractivity contribution is 0.342. The first kappa shape index (κ1) is 6.70. The van der Waals surface area contributed by atoms with Gasteiger partial charge in [-0.2, -0.15) is 0 Å². The highest BCUT2D eigenvalue weighted by Gasteiger charge is 2.86. The molecule has 0 amide bonds. The smallest absolute Gasteiger partial charge is 0.0513 e. The minimum Gasteiger partial charge on any atom is -0.0691 e. The summed E-state index contributed by atoms with van der Waals surface area (Å²) in [7, 11) is -0.778. The fraction of sp³-hybridized carbons (Fsp3) is 1.00. The lowest BCUT2D eigenvalue weighted by Gasteiger charge is -2.41. The number of fused-ring (bicyclic) bond motifs is 2. The molecule has 0 aliphatic heterocycles. The zero-order valence-electron chi connectivity index (χ0n) is 7.85. The fourth-order valence-electron chi connectivity index (χ4n) is 4.22. The van der Waals surface area contributed by atoms with Gasteiger partial charge in [0.15, 0.2) is 0 Å². The van der Waals surface area contributed by atoms with E-state index in [1.54, 1.807) is 19.3 Å². The van der Waals surface area contributed by atoms with Crippen LogP contribution in [0.2, 0.25) is 24.7 Å². The Hall–Kier alpha value is 0.217. The molecule has 0 heterocycles. The van der Waals surface area contributed by atoms with Crippen molar-refractivity contribution in [3.63, 3.8) is 0 Å². The van der Waals surface area contributed by atoms with Gasteiger partial charge < -0.3 is 0 Å². The average molecular weight is 166 g/mol. The van der Waals surface area contributed by atoms with Crippen molar-refractivity contribution in [1.29, 1.82) is 0 Å². The Bertz CT molecular complexity index is 203. The van der Waals surface area contributed by atoms with E-state index in [1.165, 1.54) is 17.8 Å². The van der Waals surface area contributed by atoms with Crippen LogP contribution in [0.1, 0.15) is 19.3 Å². The maximum absolute atomic E-state index is 2.58. The van der Waals surface area contributed by atoms with Gasteiger partial charge in [-0.1, -0.05) is 26.1 Å². The van der Waals surface area contributed by atoms with Crippen molar-refractivity contribution < 1.29 is 0 Å². The molecule has 3 saturated carbocycles. The van der Waals surface area contributed by atoms with E-state index in [1.807, 2.05) is 0 Å². The molecule has 0 saturated heterocycles. The molecule has 11 heavy (non-hydrogen) atoms. The highest BCUT2D eigenvalue weighted by atomic mass is 28.3. The van der Waals surface area contributed by atoms with Gasteiger partial charge in [0, 0.05) is 0 Å². The Morgan fingerprint density at radius 3 is 2.18 bits per heavy atom. The third-order valence-corrected chi connectivity index (χ3v) is 8.48. The predicted octanol–water partition coefficient (Wildman–Crippen LogP) is 3.12. The van der Waals surface area contributed by atoms with Gasteiger partial charge in [0.05, 0.1) is 8.07 Å². The summed E-state index contributed by atoms with van der Waals surface area (Å²) in [5.74, 6) is 3.74. The third-order valence-electron chi connectivity index (χ3n) is 4.77. The average Bonchev–Trinajstić information content (AvgIpc) is 2.72. The van der Waals surface area contributed by atoms with Crippen LogP contribution >= 0.6 is 0 Å². The van der Waals surface area contributed by atoms with Crippen LogP contribution in [0.5, 0.6) is 0 Å². The number of hydrogen-bond donors (Lipinski definition) is 0. The first-order chi connectivity index (χ1) is 5.09. The van der Waals surface area contributed by atoms with Crippen LogP contribution in [0.3, 0.4) is 0 Å². The van der Waals surface area contributed by atoms with E-state index in [2.05, 4.69) is 19.6 Å². The minimum absolute atomic E-state index is 0.778. The van der Waals surface area contributed by atoms with Crippen molar-refractivity contribution in [2.24, 2.45) is 17.8 Å². The lowest BCUT2D eigenvalue weighted by Crippen LogP contribution is -2.39. The topological polar surface area (TPSA) is 0 Å². The second-order valence-electron chi connectivity index (χ2n) is 5.90. The molecule has 0 bridgehead atoms. The Morgan fingerprint density at radius 1 is 1.18 bits per heavy atom. The van der Waals surface area contributed by atoms with Gasteiger partial charge in [-0.25, -0.2) is 0 Å². The Morgan fingerprint density at radius 2 is 1.82 bits per heavy atom. The van der Waals surface area contributed by atoms with Crippen LogP contribution in [0.25, 0.3) is 0 Å². The highest BCUT2D eigenvalue weighted by Crippen LogP contribution is 2.94. The standard InChI is InChI=1S/C10H18Si/c1-11(2,3)10-6-4-5-7-8(10)9(7)10/h7-9H,4-6H2,1-3H3. The summed E-state index contributed by atoms with van der Waals surface area (Å²) >= 11 is 0. The maximum atomic E-state index is 2.58. The molecular weight excluding hydrogens is 148 g/mol. The van der Waals surface area contributed by atoms with Crippen LogP contribution in [-0.4, -0.2) is 8.07 Å². The maximum Gasteiger partial charge on any atom is 0.0513 e. The summed E-state index contributed by atoms with van der Waals surface area (Å²) in [6.07, 6.45) is 4.75. The first-order valence-corrected chi connectivity index (χ1v) is 8.59. The van der Waals surface area contributed by atoms with Crippen LogP contribution in [-0.2, 0) is 0 Å². The van der Waals surface area contributed by atoms with Crippen molar-refractivity contribution >= 4 is 8.07 Å². The molecule has 0 spiro atoms. The molecule has 62 valence electrons. The van der Waals surface area contributed by atoms with Gasteiger partial charge in [0.25, 0.3) is 0 Å². The van der Waals surface area contributed by atoms with Crippen molar-refractivity contribution in [3.05, 3.63) is 0 Å². The van der Waals surface area contributed by atoms with Crippen molar-refractivity contribution in [2.45, 2.75) is 43.9 Å². The summed E-state index contributed by atoms with van der Waals surface area (Å²) in [5.41, 5.74) is 0. The molecule has 1 heteroatoms.